The summed E-state index contributed by atoms with van der Waals surface area (Å²) in [5.41, 5.74) is 0. The maximum absolute atomic E-state index is 8.25. The first kappa shape index (κ1) is 17.7. The predicted molar refractivity (Wildman–Crippen MR) is 30.5 cm³/mol. The molecule has 8 heteroatoms. The van der Waals surface area contributed by atoms with E-state index < -0.39 is 11.2 Å². The van der Waals surface area contributed by atoms with Crippen LogP contribution in [-0.4, -0.2) is 39.7 Å². The Morgan fingerprint density at radius 1 is 1.27 bits per heavy atom. The van der Waals surface area contributed by atoms with E-state index in [1.807, 2.05) is 0 Å². The third-order valence-corrected chi connectivity index (χ3v) is 0.421. The summed E-state index contributed by atoms with van der Waals surface area (Å²) < 4.78 is 0. The molecule has 0 aliphatic carbocycles. The number of aliphatic hydroxyl groups excluding tert-OH is 3. The molecule has 3 N–H and O–H groups in total. The van der Waals surface area contributed by atoms with Crippen LogP contribution in [-0.2, 0) is 0 Å². The molecule has 0 atom stereocenters. The van der Waals surface area contributed by atoms with Gasteiger partial charge in [-0.25, -0.2) is 0 Å². The molecule has 0 heterocycles. The Labute approximate surface area is 105 Å². The normalized spacial score (nSPS) is 7.64. The second-order valence-corrected chi connectivity index (χ2v) is 1.24. The van der Waals surface area contributed by atoms with Crippen molar-refractivity contribution in [1.82, 2.24) is 0 Å². The zero-order chi connectivity index (χ0) is 8.57. The van der Waals surface area contributed by atoms with Crippen molar-refractivity contribution in [1.29, 1.82) is 0 Å². The van der Waals surface area contributed by atoms with Gasteiger partial charge < -0.3 is 30.6 Å². The Balaban J connectivity index is -0.000000114. The summed E-state index contributed by atoms with van der Waals surface area (Å²) in [6.45, 7) is -0.729. The van der Waals surface area contributed by atoms with Gasteiger partial charge in [0.05, 0.1) is 18.3 Å². The van der Waals surface area contributed by atoms with Crippen molar-refractivity contribution >= 4 is 0 Å². The average Bonchev–Trinajstić information content (AvgIpc) is 1.85. The first-order valence-corrected chi connectivity index (χ1v) is 2.25. The van der Waals surface area contributed by atoms with Gasteiger partial charge in [0.15, 0.2) is 0 Å². The van der Waals surface area contributed by atoms with E-state index in [-0.39, 0.29) is 64.6 Å². The van der Waals surface area contributed by atoms with Gasteiger partial charge in [0.25, 0.3) is 0 Å². The van der Waals surface area contributed by atoms with Gasteiger partial charge in [0, 0.05) is 0 Å². The molecule has 62 valence electrons. The van der Waals surface area contributed by atoms with E-state index >= 15 is 0 Å². The fraction of sp³-hybridized carbons (Fsp3) is 1.00. The summed E-state index contributed by atoms with van der Waals surface area (Å²) in [6.07, 6.45) is -0.954. The molecule has 0 aromatic carbocycles. The van der Waals surface area contributed by atoms with Gasteiger partial charge in [0.1, 0.15) is 6.10 Å². The van der Waals surface area contributed by atoms with Crippen LogP contribution in [0.15, 0.2) is 0 Å². The molecule has 0 fully saturated rings. The molecule has 0 radical (unpaired) electrons. The molecule has 0 saturated heterocycles. The van der Waals surface area contributed by atoms with Crippen molar-refractivity contribution in [2.45, 2.75) is 6.10 Å². The minimum atomic E-state index is -1.75. The monoisotopic (exact) mass is 193 g/mol. The van der Waals surface area contributed by atoms with E-state index in [0.717, 1.165) is 0 Å². The first-order valence-electron chi connectivity index (χ1n) is 2.25. The number of rotatable bonds is 2. The molecule has 7 nitrogen and oxygen atoms in total. The van der Waals surface area contributed by atoms with Gasteiger partial charge in [-0.05, 0) is 0 Å². The number of hydrogen-bond acceptors (Lipinski definition) is 6. The van der Waals surface area contributed by atoms with Crippen molar-refractivity contribution in [3.8, 4) is 0 Å². The Bertz CT molecular complexity index is 81.9. The predicted octanol–water partition coefficient (Wildman–Crippen LogP) is -4.90. The van der Waals surface area contributed by atoms with Crippen LogP contribution in [0.5, 0.6) is 0 Å². The molecule has 0 aliphatic rings. The van der Waals surface area contributed by atoms with Crippen LogP contribution in [0.4, 0.5) is 0 Å². The topological polar surface area (TPSA) is 127 Å². The van der Waals surface area contributed by atoms with E-state index in [1.54, 1.807) is 0 Å². The third kappa shape index (κ3) is 36.6. The van der Waals surface area contributed by atoms with E-state index in [1.165, 1.54) is 0 Å². The average molecular weight is 193 g/mol. The fourth-order valence-corrected chi connectivity index (χ4v) is 0.0577. The summed E-state index contributed by atoms with van der Waals surface area (Å²) in [7, 11) is 0. The van der Waals surface area contributed by atoms with Crippen LogP contribution < -0.4 is 51.4 Å². The van der Waals surface area contributed by atoms with Gasteiger partial charge >= 0.3 is 51.4 Å². The van der Waals surface area contributed by atoms with Gasteiger partial charge in [-0.2, -0.15) is 0 Å². The standard InChI is InChI=1S/C3H8O3.K.NO3/c4-1-3(6)2-5;;2-1(3)4/h3-6H,1-2H2;;/q;+1;-1. The molecule has 0 spiro atoms. The van der Waals surface area contributed by atoms with Crippen LogP contribution in [0.3, 0.4) is 0 Å². The zero-order valence-electron chi connectivity index (χ0n) is 6.01. The molecule has 0 bridgehead atoms. The summed E-state index contributed by atoms with van der Waals surface area (Å²) >= 11 is 0. The van der Waals surface area contributed by atoms with Crippen LogP contribution in [0, 0.1) is 15.3 Å². The smallest absolute Gasteiger partial charge is 0.394 e. The van der Waals surface area contributed by atoms with Crippen LogP contribution in [0.25, 0.3) is 0 Å². The van der Waals surface area contributed by atoms with Crippen molar-refractivity contribution in [3.63, 3.8) is 0 Å². The summed E-state index contributed by atoms with van der Waals surface area (Å²) in [5.74, 6) is 0. The van der Waals surface area contributed by atoms with Gasteiger partial charge in [-0.15, -0.1) is 0 Å². The van der Waals surface area contributed by atoms with Crippen LogP contribution in [0.2, 0.25) is 0 Å². The largest absolute Gasteiger partial charge is 1.00 e. The maximum atomic E-state index is 8.25. The van der Waals surface area contributed by atoms with E-state index in [4.69, 9.17) is 30.6 Å². The minimum Gasteiger partial charge on any atom is -0.394 e. The number of aliphatic hydroxyl groups is 3. The molecule has 0 rings (SSSR count). The summed E-state index contributed by atoms with van der Waals surface area (Å²) in [4.78, 5) is 8.25. The van der Waals surface area contributed by atoms with Crippen LogP contribution in [0.1, 0.15) is 0 Å². The molecule has 0 saturated carbocycles. The first-order chi connectivity index (χ1) is 4.54. The second-order valence-electron chi connectivity index (χ2n) is 1.24. The van der Waals surface area contributed by atoms with E-state index in [9.17, 15) is 0 Å². The number of nitrogens with zero attached hydrogens (tertiary/aromatic N) is 1. The minimum absolute atomic E-state index is 0. The van der Waals surface area contributed by atoms with Crippen molar-refractivity contribution in [3.05, 3.63) is 15.3 Å². The number of hydrogen-bond donors (Lipinski definition) is 3. The molecule has 11 heavy (non-hydrogen) atoms. The Hall–Kier alpha value is 0.716. The van der Waals surface area contributed by atoms with E-state index in [2.05, 4.69) is 0 Å². The van der Waals surface area contributed by atoms with E-state index in [0.29, 0.717) is 0 Å². The Kier molecular flexibility index (Phi) is 21.4. The molecule has 0 aliphatic heterocycles. The summed E-state index contributed by atoms with van der Waals surface area (Å²) in [6, 6.07) is 0. The Morgan fingerprint density at radius 2 is 1.45 bits per heavy atom. The van der Waals surface area contributed by atoms with Crippen LogP contribution >= 0.6 is 0 Å². The van der Waals surface area contributed by atoms with Crippen molar-refractivity contribution in [2.75, 3.05) is 13.2 Å². The fourth-order valence-electron chi connectivity index (χ4n) is 0.0577. The molecule has 0 aromatic rings. The molecular weight excluding hydrogens is 185 g/mol. The molecule has 0 unspecified atom stereocenters. The Morgan fingerprint density at radius 3 is 1.45 bits per heavy atom. The van der Waals surface area contributed by atoms with Gasteiger partial charge in [0.2, 0.25) is 0 Å². The van der Waals surface area contributed by atoms with Crippen molar-refractivity contribution in [2.24, 2.45) is 0 Å². The van der Waals surface area contributed by atoms with Crippen molar-refractivity contribution < 1.29 is 71.8 Å². The molecular formula is C3H8KNO6. The zero-order valence-corrected chi connectivity index (χ0v) is 9.13. The van der Waals surface area contributed by atoms with Gasteiger partial charge in [-0.1, -0.05) is 0 Å². The summed E-state index contributed by atoms with van der Waals surface area (Å²) in [5, 5.41) is 38.8. The SMILES string of the molecule is O=[N+]([O-])[O-].OCC(O)CO.[K+]. The quantitative estimate of drug-likeness (QED) is 0.229. The second kappa shape index (κ2) is 13.3. The maximum Gasteiger partial charge on any atom is 1.00 e. The third-order valence-electron chi connectivity index (χ3n) is 0.421. The molecule has 0 aromatic heterocycles. The molecule has 0 amide bonds. The van der Waals surface area contributed by atoms with Gasteiger partial charge in [-0.3, -0.25) is 0 Å².